The molecule has 88 valence electrons. The first-order chi connectivity index (χ1) is 7.38. The second-order valence-corrected chi connectivity index (χ2v) is 5.72. The van der Waals surface area contributed by atoms with Gasteiger partial charge in [-0.1, -0.05) is 29.3 Å². The van der Waals surface area contributed by atoms with Crippen LogP contribution in [0.15, 0.2) is 29.7 Å². The van der Waals surface area contributed by atoms with Crippen molar-refractivity contribution in [2.45, 2.75) is 11.8 Å². The Balaban J connectivity index is 3.23. The maximum Gasteiger partial charge on any atom is 0.242 e. The SMILES string of the molecule is C=CCNS(=O)(=O)c1cc(C)c(Cl)cc1Cl. The Morgan fingerprint density at radius 2 is 2.00 bits per heavy atom. The summed E-state index contributed by atoms with van der Waals surface area (Å²) in [6, 6.07) is 2.86. The van der Waals surface area contributed by atoms with Crippen LogP contribution in [0, 0.1) is 6.92 Å². The van der Waals surface area contributed by atoms with Crippen LogP contribution in [0.1, 0.15) is 5.56 Å². The van der Waals surface area contributed by atoms with Crippen LogP contribution in [0.4, 0.5) is 0 Å². The summed E-state index contributed by atoms with van der Waals surface area (Å²) < 4.78 is 25.9. The molecule has 16 heavy (non-hydrogen) atoms. The third kappa shape index (κ3) is 2.98. The van der Waals surface area contributed by atoms with Crippen LogP contribution >= 0.6 is 23.2 Å². The number of nitrogens with one attached hydrogen (secondary N) is 1. The van der Waals surface area contributed by atoms with E-state index in [2.05, 4.69) is 11.3 Å². The van der Waals surface area contributed by atoms with Crippen LogP contribution in [-0.4, -0.2) is 15.0 Å². The standard InChI is InChI=1S/C10H11Cl2NO2S/c1-3-4-13-16(14,15)10-5-7(2)8(11)6-9(10)12/h3,5-6,13H,1,4H2,2H3. The van der Waals surface area contributed by atoms with Crippen molar-refractivity contribution in [1.29, 1.82) is 0 Å². The minimum Gasteiger partial charge on any atom is -0.207 e. The Labute approximate surface area is 105 Å². The minimum atomic E-state index is -3.60. The summed E-state index contributed by atoms with van der Waals surface area (Å²) in [6.45, 7) is 5.30. The van der Waals surface area contributed by atoms with E-state index in [1.165, 1.54) is 18.2 Å². The molecule has 0 aliphatic rings. The normalized spacial score (nSPS) is 11.4. The van der Waals surface area contributed by atoms with Crippen molar-refractivity contribution in [3.63, 3.8) is 0 Å². The molecule has 0 spiro atoms. The lowest BCUT2D eigenvalue weighted by Crippen LogP contribution is -2.24. The van der Waals surface area contributed by atoms with Crippen molar-refractivity contribution in [1.82, 2.24) is 4.72 Å². The van der Waals surface area contributed by atoms with Crippen LogP contribution in [0.5, 0.6) is 0 Å². The molecule has 0 aliphatic carbocycles. The van der Waals surface area contributed by atoms with Gasteiger partial charge in [-0.3, -0.25) is 0 Å². The van der Waals surface area contributed by atoms with E-state index in [9.17, 15) is 8.42 Å². The Kier molecular flexibility index (Phi) is 4.38. The van der Waals surface area contributed by atoms with E-state index < -0.39 is 10.0 Å². The zero-order valence-corrected chi connectivity index (χ0v) is 11.0. The first kappa shape index (κ1) is 13.5. The second-order valence-electron chi connectivity index (χ2n) is 3.17. The molecule has 6 heteroatoms. The summed E-state index contributed by atoms with van der Waals surface area (Å²) in [5.41, 5.74) is 0.657. The van der Waals surface area contributed by atoms with E-state index in [0.29, 0.717) is 10.6 Å². The molecule has 1 N–H and O–H groups in total. The fourth-order valence-electron chi connectivity index (χ4n) is 1.08. The Hall–Kier alpha value is -0.550. The molecule has 1 rings (SSSR count). The predicted molar refractivity (Wildman–Crippen MR) is 66.6 cm³/mol. The Bertz CT molecular complexity index is 512. The van der Waals surface area contributed by atoms with E-state index in [0.717, 1.165) is 0 Å². The van der Waals surface area contributed by atoms with Gasteiger partial charge in [-0.15, -0.1) is 6.58 Å². The molecule has 3 nitrogen and oxygen atoms in total. The monoisotopic (exact) mass is 279 g/mol. The average Bonchev–Trinajstić information content (AvgIpc) is 2.20. The zero-order chi connectivity index (χ0) is 12.3. The third-order valence-electron chi connectivity index (χ3n) is 1.92. The van der Waals surface area contributed by atoms with Crippen molar-refractivity contribution in [2.75, 3.05) is 6.54 Å². The molecule has 0 unspecified atom stereocenters. The van der Waals surface area contributed by atoms with E-state index in [1.54, 1.807) is 6.92 Å². The molecule has 0 atom stereocenters. The highest BCUT2D eigenvalue weighted by Crippen LogP contribution is 2.27. The van der Waals surface area contributed by atoms with Gasteiger partial charge in [0.1, 0.15) is 4.90 Å². The van der Waals surface area contributed by atoms with Crippen LogP contribution < -0.4 is 4.72 Å². The van der Waals surface area contributed by atoms with Gasteiger partial charge in [0.25, 0.3) is 0 Å². The molecule has 0 radical (unpaired) electrons. The summed E-state index contributed by atoms with van der Waals surface area (Å²) >= 11 is 11.7. The van der Waals surface area contributed by atoms with E-state index in [4.69, 9.17) is 23.2 Å². The third-order valence-corrected chi connectivity index (χ3v) is 4.22. The van der Waals surface area contributed by atoms with Crippen LogP contribution in [-0.2, 0) is 10.0 Å². The number of rotatable bonds is 4. The molecule has 0 fully saturated rings. The van der Waals surface area contributed by atoms with E-state index in [-0.39, 0.29) is 16.5 Å². The van der Waals surface area contributed by atoms with Crippen LogP contribution in [0.2, 0.25) is 10.0 Å². The van der Waals surface area contributed by atoms with Gasteiger partial charge in [0.2, 0.25) is 10.0 Å². The van der Waals surface area contributed by atoms with Gasteiger partial charge in [-0.05, 0) is 24.6 Å². The highest BCUT2D eigenvalue weighted by Gasteiger charge is 2.18. The quantitative estimate of drug-likeness (QED) is 0.862. The van der Waals surface area contributed by atoms with Gasteiger partial charge >= 0.3 is 0 Å². The fraction of sp³-hybridized carbons (Fsp3) is 0.200. The summed E-state index contributed by atoms with van der Waals surface area (Å²) in [4.78, 5) is 0.0258. The fourth-order valence-corrected chi connectivity index (χ4v) is 2.91. The smallest absolute Gasteiger partial charge is 0.207 e. The predicted octanol–water partition coefficient (Wildman–Crippen LogP) is 2.77. The second kappa shape index (κ2) is 5.19. The highest BCUT2D eigenvalue weighted by atomic mass is 35.5. The first-order valence-corrected chi connectivity index (χ1v) is 6.68. The number of aryl methyl sites for hydroxylation is 1. The number of benzene rings is 1. The number of halogens is 2. The molecule has 0 heterocycles. The average molecular weight is 280 g/mol. The summed E-state index contributed by atoms with van der Waals surface area (Å²) in [6.07, 6.45) is 1.45. The maximum atomic E-state index is 11.8. The van der Waals surface area contributed by atoms with Gasteiger partial charge in [-0.2, -0.15) is 0 Å². The molecule has 1 aromatic rings. The summed E-state index contributed by atoms with van der Waals surface area (Å²) in [7, 11) is -3.60. The number of hydrogen-bond acceptors (Lipinski definition) is 2. The van der Waals surface area contributed by atoms with Crippen molar-refractivity contribution in [3.05, 3.63) is 40.4 Å². The Morgan fingerprint density at radius 1 is 1.38 bits per heavy atom. The zero-order valence-electron chi connectivity index (χ0n) is 8.63. The molecular weight excluding hydrogens is 269 g/mol. The highest BCUT2D eigenvalue weighted by molar-refractivity contribution is 7.89. The van der Waals surface area contributed by atoms with Crippen LogP contribution in [0.25, 0.3) is 0 Å². The van der Waals surface area contributed by atoms with Gasteiger partial charge in [0, 0.05) is 11.6 Å². The molecule has 0 aliphatic heterocycles. The first-order valence-electron chi connectivity index (χ1n) is 4.44. The van der Waals surface area contributed by atoms with Crippen LogP contribution in [0.3, 0.4) is 0 Å². The van der Waals surface area contributed by atoms with Crippen molar-refractivity contribution >= 4 is 33.2 Å². The van der Waals surface area contributed by atoms with Gasteiger partial charge in [-0.25, -0.2) is 13.1 Å². The van der Waals surface area contributed by atoms with Crippen molar-refractivity contribution in [2.24, 2.45) is 0 Å². The topological polar surface area (TPSA) is 46.2 Å². The van der Waals surface area contributed by atoms with Crippen molar-refractivity contribution < 1.29 is 8.42 Å². The lowest BCUT2D eigenvalue weighted by Gasteiger charge is -2.08. The molecule has 1 aromatic carbocycles. The number of sulfonamides is 1. The lowest BCUT2D eigenvalue weighted by molar-refractivity contribution is 0.585. The molecule has 0 saturated carbocycles. The van der Waals surface area contributed by atoms with Gasteiger partial charge < -0.3 is 0 Å². The van der Waals surface area contributed by atoms with Crippen molar-refractivity contribution in [3.8, 4) is 0 Å². The molecule has 0 aromatic heterocycles. The number of hydrogen-bond donors (Lipinski definition) is 1. The van der Waals surface area contributed by atoms with Gasteiger partial charge in [0.15, 0.2) is 0 Å². The Morgan fingerprint density at radius 3 is 2.56 bits per heavy atom. The molecular formula is C10H11Cl2NO2S. The summed E-state index contributed by atoms with van der Waals surface area (Å²) in [5.74, 6) is 0. The molecule has 0 bridgehead atoms. The van der Waals surface area contributed by atoms with E-state index in [1.807, 2.05) is 0 Å². The van der Waals surface area contributed by atoms with Gasteiger partial charge in [0.05, 0.1) is 5.02 Å². The maximum absolute atomic E-state index is 11.8. The largest absolute Gasteiger partial charge is 0.242 e. The minimum absolute atomic E-state index is 0.0258. The molecule has 0 amide bonds. The molecule has 0 saturated heterocycles. The van der Waals surface area contributed by atoms with E-state index >= 15 is 0 Å². The summed E-state index contributed by atoms with van der Waals surface area (Å²) in [5, 5.41) is 0.542. The lowest BCUT2D eigenvalue weighted by atomic mass is 10.2.